The highest BCUT2D eigenvalue weighted by molar-refractivity contribution is 5.72. The number of aliphatic carboxylic acids is 1. The van der Waals surface area contributed by atoms with E-state index in [2.05, 4.69) is 0 Å². The van der Waals surface area contributed by atoms with Crippen molar-refractivity contribution in [1.29, 1.82) is 0 Å². The van der Waals surface area contributed by atoms with Crippen LogP contribution in [0.5, 0.6) is 0 Å². The number of carbonyl (C=O) groups excluding carboxylic acids is 1. The monoisotopic (exact) mass is 335 g/mol. The second kappa shape index (κ2) is 7.66. The molecule has 1 saturated heterocycles. The van der Waals surface area contributed by atoms with Gasteiger partial charge in [0.2, 0.25) is 0 Å². The van der Waals surface area contributed by atoms with Crippen molar-refractivity contribution in [2.75, 3.05) is 6.54 Å². The molecule has 1 heterocycles. The van der Waals surface area contributed by atoms with Crippen LogP contribution in [0.25, 0.3) is 0 Å². The van der Waals surface area contributed by atoms with Crippen molar-refractivity contribution in [3.05, 3.63) is 35.9 Å². The van der Waals surface area contributed by atoms with Crippen LogP contribution in [-0.4, -0.2) is 46.4 Å². The smallest absolute Gasteiger partial charge is 0.410 e. The van der Waals surface area contributed by atoms with Crippen LogP contribution < -0.4 is 0 Å². The predicted octanol–water partition coefficient (Wildman–Crippen LogP) is 3.06. The Labute approximate surface area is 142 Å². The third-order valence-electron chi connectivity index (χ3n) is 3.74. The van der Waals surface area contributed by atoms with E-state index in [0.29, 0.717) is 19.6 Å². The Kier molecular flexibility index (Phi) is 5.83. The standard InChI is InChI=1S/C18H25NO5/c1-18(2,3)24-17(22)19-11-15(9-14(19)10-16(20)21)23-12-13-7-5-4-6-8-13/h4-8,14-15H,9-12H2,1-3H3,(H,20,21). The van der Waals surface area contributed by atoms with Gasteiger partial charge in [0.15, 0.2) is 0 Å². The fourth-order valence-corrected chi connectivity index (χ4v) is 2.72. The van der Waals surface area contributed by atoms with Gasteiger partial charge in [-0.3, -0.25) is 4.79 Å². The Hall–Kier alpha value is -2.08. The molecule has 0 bridgehead atoms. The number of carboxylic acids is 1. The lowest BCUT2D eigenvalue weighted by atomic mass is 10.1. The van der Waals surface area contributed by atoms with E-state index < -0.39 is 23.7 Å². The number of likely N-dealkylation sites (tertiary alicyclic amines) is 1. The second-order valence-electron chi connectivity index (χ2n) is 7.04. The summed E-state index contributed by atoms with van der Waals surface area (Å²) < 4.78 is 11.3. The SMILES string of the molecule is CC(C)(C)OC(=O)N1CC(OCc2ccccc2)CC1CC(=O)O. The number of amides is 1. The number of hydrogen-bond donors (Lipinski definition) is 1. The van der Waals surface area contributed by atoms with Gasteiger partial charge in [-0.05, 0) is 32.8 Å². The molecule has 1 aliphatic rings. The second-order valence-corrected chi connectivity index (χ2v) is 7.04. The number of benzene rings is 1. The van der Waals surface area contributed by atoms with E-state index in [4.69, 9.17) is 14.6 Å². The molecule has 1 aromatic carbocycles. The van der Waals surface area contributed by atoms with Gasteiger partial charge in [-0.25, -0.2) is 4.79 Å². The van der Waals surface area contributed by atoms with E-state index in [0.717, 1.165) is 5.56 Å². The maximum atomic E-state index is 12.3. The normalized spacial score (nSPS) is 20.9. The first-order valence-electron chi connectivity index (χ1n) is 8.11. The molecule has 6 heteroatoms. The van der Waals surface area contributed by atoms with Gasteiger partial charge in [-0.2, -0.15) is 0 Å². The number of hydrogen-bond acceptors (Lipinski definition) is 4. The van der Waals surface area contributed by atoms with Crippen LogP contribution in [0.2, 0.25) is 0 Å². The van der Waals surface area contributed by atoms with Crippen LogP contribution in [0.3, 0.4) is 0 Å². The Morgan fingerprint density at radius 2 is 1.92 bits per heavy atom. The summed E-state index contributed by atoms with van der Waals surface area (Å²) in [6.45, 7) is 6.15. The maximum absolute atomic E-state index is 12.3. The summed E-state index contributed by atoms with van der Waals surface area (Å²) in [5.74, 6) is -0.933. The van der Waals surface area contributed by atoms with Crippen molar-refractivity contribution in [2.24, 2.45) is 0 Å². The van der Waals surface area contributed by atoms with E-state index in [1.54, 1.807) is 20.8 Å². The molecule has 2 rings (SSSR count). The lowest BCUT2D eigenvalue weighted by Gasteiger charge is -2.27. The fraction of sp³-hybridized carbons (Fsp3) is 0.556. The van der Waals surface area contributed by atoms with Crippen LogP contribution >= 0.6 is 0 Å². The first-order valence-corrected chi connectivity index (χ1v) is 8.11. The Balaban J connectivity index is 1.98. The minimum absolute atomic E-state index is 0.107. The molecule has 1 aliphatic heterocycles. The van der Waals surface area contributed by atoms with Gasteiger partial charge in [0, 0.05) is 6.04 Å². The van der Waals surface area contributed by atoms with Gasteiger partial charge in [0.25, 0.3) is 0 Å². The van der Waals surface area contributed by atoms with Crippen LogP contribution in [0.4, 0.5) is 4.79 Å². The molecule has 0 saturated carbocycles. The number of rotatable bonds is 5. The Morgan fingerprint density at radius 3 is 2.50 bits per heavy atom. The lowest BCUT2D eigenvalue weighted by Crippen LogP contribution is -2.41. The average molecular weight is 335 g/mol. The zero-order valence-electron chi connectivity index (χ0n) is 14.4. The summed E-state index contributed by atoms with van der Waals surface area (Å²) in [6.07, 6.45) is -0.287. The number of carboxylic acid groups (broad SMARTS) is 1. The summed E-state index contributed by atoms with van der Waals surface area (Å²) in [4.78, 5) is 24.9. The van der Waals surface area contributed by atoms with Crippen molar-refractivity contribution >= 4 is 12.1 Å². The van der Waals surface area contributed by atoms with Crippen LogP contribution in [0.1, 0.15) is 39.2 Å². The summed E-state index contributed by atoms with van der Waals surface area (Å²) in [5, 5.41) is 9.08. The van der Waals surface area contributed by atoms with Crippen LogP contribution in [0, 0.1) is 0 Å². The van der Waals surface area contributed by atoms with Crippen molar-refractivity contribution in [3.63, 3.8) is 0 Å². The van der Waals surface area contributed by atoms with Gasteiger partial charge in [-0.15, -0.1) is 0 Å². The lowest BCUT2D eigenvalue weighted by molar-refractivity contribution is -0.138. The molecule has 6 nitrogen and oxygen atoms in total. The Bertz CT molecular complexity index is 567. The van der Waals surface area contributed by atoms with E-state index in [-0.39, 0.29) is 12.5 Å². The largest absolute Gasteiger partial charge is 0.481 e. The molecule has 1 N–H and O–H groups in total. The highest BCUT2D eigenvalue weighted by atomic mass is 16.6. The third-order valence-corrected chi connectivity index (χ3v) is 3.74. The quantitative estimate of drug-likeness (QED) is 0.895. The summed E-state index contributed by atoms with van der Waals surface area (Å²) in [7, 11) is 0. The molecular formula is C18H25NO5. The molecule has 1 fully saturated rings. The third kappa shape index (κ3) is 5.53. The molecule has 0 spiro atoms. The number of nitrogens with zero attached hydrogens (tertiary/aromatic N) is 1. The first kappa shape index (κ1) is 18.3. The molecule has 2 unspecified atom stereocenters. The zero-order valence-corrected chi connectivity index (χ0v) is 14.4. The maximum Gasteiger partial charge on any atom is 0.410 e. The van der Waals surface area contributed by atoms with Crippen molar-refractivity contribution in [3.8, 4) is 0 Å². The van der Waals surface area contributed by atoms with Crippen molar-refractivity contribution in [1.82, 2.24) is 4.90 Å². The molecular weight excluding hydrogens is 310 g/mol. The highest BCUT2D eigenvalue weighted by Gasteiger charge is 2.39. The molecule has 0 radical (unpaired) electrons. The molecule has 2 atom stereocenters. The van der Waals surface area contributed by atoms with Gasteiger partial charge in [-0.1, -0.05) is 30.3 Å². The molecule has 24 heavy (non-hydrogen) atoms. The van der Waals surface area contributed by atoms with E-state index >= 15 is 0 Å². The van der Waals surface area contributed by atoms with Crippen LogP contribution in [0.15, 0.2) is 30.3 Å². The summed E-state index contributed by atoms with van der Waals surface area (Å²) >= 11 is 0. The van der Waals surface area contributed by atoms with Gasteiger partial charge in [0.05, 0.1) is 25.7 Å². The molecule has 132 valence electrons. The minimum atomic E-state index is -0.933. The Morgan fingerprint density at radius 1 is 1.25 bits per heavy atom. The van der Waals surface area contributed by atoms with Gasteiger partial charge >= 0.3 is 12.1 Å². The number of ether oxygens (including phenoxy) is 2. The number of carbonyl (C=O) groups is 2. The first-order chi connectivity index (χ1) is 11.2. The molecule has 1 aromatic rings. The summed E-state index contributed by atoms with van der Waals surface area (Å²) in [6, 6.07) is 9.34. The van der Waals surface area contributed by atoms with Gasteiger partial charge in [0.1, 0.15) is 5.60 Å². The fourth-order valence-electron chi connectivity index (χ4n) is 2.72. The minimum Gasteiger partial charge on any atom is -0.481 e. The van der Waals surface area contributed by atoms with E-state index in [1.807, 2.05) is 30.3 Å². The molecule has 0 aromatic heterocycles. The van der Waals surface area contributed by atoms with Crippen LogP contribution in [-0.2, 0) is 20.9 Å². The topological polar surface area (TPSA) is 76.1 Å². The zero-order chi connectivity index (χ0) is 17.7. The van der Waals surface area contributed by atoms with E-state index in [1.165, 1.54) is 4.90 Å². The molecule has 1 amide bonds. The van der Waals surface area contributed by atoms with Crippen molar-refractivity contribution < 1.29 is 24.2 Å². The van der Waals surface area contributed by atoms with Gasteiger partial charge < -0.3 is 19.5 Å². The van der Waals surface area contributed by atoms with E-state index in [9.17, 15) is 9.59 Å². The highest BCUT2D eigenvalue weighted by Crippen LogP contribution is 2.26. The predicted molar refractivity (Wildman–Crippen MR) is 88.6 cm³/mol. The molecule has 0 aliphatic carbocycles. The summed E-state index contributed by atoms with van der Waals surface area (Å²) in [5.41, 5.74) is 0.427. The average Bonchev–Trinajstić information content (AvgIpc) is 2.87. The van der Waals surface area contributed by atoms with Crippen molar-refractivity contribution in [2.45, 2.75) is 58.0 Å².